The number of benzene rings is 1. The van der Waals surface area contributed by atoms with E-state index < -0.39 is 0 Å². The smallest absolute Gasteiger partial charge is 0.224 e. The number of carbonyl (C=O) groups is 1. The zero-order valence-electron chi connectivity index (χ0n) is 13.7. The fraction of sp³-hybridized carbons (Fsp3) is 0.611. The highest BCUT2D eigenvalue weighted by Crippen LogP contribution is 2.26. The molecule has 1 atom stereocenters. The van der Waals surface area contributed by atoms with E-state index in [0.29, 0.717) is 18.4 Å². The van der Waals surface area contributed by atoms with Crippen LogP contribution in [0.1, 0.15) is 57.6 Å². The quantitative estimate of drug-likeness (QED) is 0.862. The summed E-state index contributed by atoms with van der Waals surface area (Å²) in [7, 11) is 0. The van der Waals surface area contributed by atoms with Gasteiger partial charge in [0.2, 0.25) is 5.91 Å². The highest BCUT2D eigenvalue weighted by Gasteiger charge is 2.28. The van der Waals surface area contributed by atoms with Crippen molar-refractivity contribution in [2.75, 3.05) is 6.54 Å². The van der Waals surface area contributed by atoms with E-state index in [9.17, 15) is 4.79 Å². The molecule has 1 fully saturated rings. The molecule has 0 heterocycles. The highest BCUT2D eigenvalue weighted by molar-refractivity contribution is 5.85. The van der Waals surface area contributed by atoms with Gasteiger partial charge in [0, 0.05) is 25.0 Å². The van der Waals surface area contributed by atoms with Crippen LogP contribution in [0.25, 0.3) is 0 Å². The second kappa shape index (κ2) is 9.16. The first kappa shape index (κ1) is 19.0. The molecule has 1 unspecified atom stereocenters. The molecule has 1 aromatic carbocycles. The molecule has 2 rings (SSSR count). The van der Waals surface area contributed by atoms with Gasteiger partial charge in [0.05, 0.1) is 0 Å². The van der Waals surface area contributed by atoms with Crippen LogP contribution in [-0.2, 0) is 4.79 Å². The van der Waals surface area contributed by atoms with Crippen molar-refractivity contribution < 1.29 is 4.79 Å². The molecule has 124 valence electrons. The van der Waals surface area contributed by atoms with Crippen LogP contribution >= 0.6 is 12.4 Å². The maximum absolute atomic E-state index is 12.7. The lowest BCUT2D eigenvalue weighted by molar-refractivity contribution is -0.134. The Kier molecular flexibility index (Phi) is 7.91. The molecule has 2 N–H and O–H groups in total. The van der Waals surface area contributed by atoms with Crippen molar-refractivity contribution >= 4 is 18.3 Å². The van der Waals surface area contributed by atoms with Gasteiger partial charge in [-0.3, -0.25) is 4.79 Å². The van der Waals surface area contributed by atoms with Crippen molar-refractivity contribution in [2.24, 2.45) is 11.7 Å². The summed E-state index contributed by atoms with van der Waals surface area (Å²) in [4.78, 5) is 14.8. The van der Waals surface area contributed by atoms with Crippen molar-refractivity contribution in [3.05, 3.63) is 35.9 Å². The SMILES string of the molecule is CC(C)CN(C(=O)CC(N)c1ccccc1)C1CCCC1.Cl. The van der Waals surface area contributed by atoms with E-state index in [0.717, 1.165) is 24.9 Å². The Hall–Kier alpha value is -1.06. The number of halogens is 1. The van der Waals surface area contributed by atoms with Gasteiger partial charge < -0.3 is 10.6 Å². The zero-order chi connectivity index (χ0) is 15.2. The van der Waals surface area contributed by atoms with Crippen molar-refractivity contribution in [3.63, 3.8) is 0 Å². The minimum atomic E-state index is -0.199. The molecule has 0 bridgehead atoms. The molecule has 0 radical (unpaired) electrons. The molecule has 0 spiro atoms. The Labute approximate surface area is 140 Å². The van der Waals surface area contributed by atoms with Crippen molar-refractivity contribution in [1.82, 2.24) is 4.90 Å². The molecule has 0 saturated heterocycles. The van der Waals surface area contributed by atoms with Crippen LogP contribution < -0.4 is 5.73 Å². The summed E-state index contributed by atoms with van der Waals surface area (Å²) in [6, 6.07) is 10.2. The highest BCUT2D eigenvalue weighted by atomic mass is 35.5. The predicted molar refractivity (Wildman–Crippen MR) is 94.0 cm³/mol. The van der Waals surface area contributed by atoms with Gasteiger partial charge in [0.1, 0.15) is 0 Å². The first-order valence-electron chi connectivity index (χ1n) is 8.18. The summed E-state index contributed by atoms with van der Waals surface area (Å²) in [6.45, 7) is 5.20. The van der Waals surface area contributed by atoms with E-state index in [1.807, 2.05) is 30.3 Å². The maximum atomic E-state index is 12.7. The largest absolute Gasteiger partial charge is 0.339 e. The van der Waals surface area contributed by atoms with Crippen molar-refractivity contribution in [1.29, 1.82) is 0 Å². The molecular weight excluding hydrogens is 296 g/mol. The number of nitrogens with two attached hydrogens (primary N) is 1. The van der Waals surface area contributed by atoms with Gasteiger partial charge in [0.25, 0.3) is 0 Å². The summed E-state index contributed by atoms with van der Waals surface area (Å²) in [5.41, 5.74) is 7.26. The lowest BCUT2D eigenvalue weighted by Gasteiger charge is -2.31. The average molecular weight is 325 g/mol. The van der Waals surface area contributed by atoms with Gasteiger partial charge in [-0.1, -0.05) is 57.0 Å². The number of hydrogen-bond acceptors (Lipinski definition) is 2. The van der Waals surface area contributed by atoms with Crippen LogP contribution in [0.2, 0.25) is 0 Å². The van der Waals surface area contributed by atoms with Gasteiger partial charge in [0.15, 0.2) is 0 Å². The average Bonchev–Trinajstić information content (AvgIpc) is 2.99. The molecule has 1 aliphatic carbocycles. The van der Waals surface area contributed by atoms with E-state index in [-0.39, 0.29) is 24.4 Å². The third-order valence-electron chi connectivity index (χ3n) is 4.27. The Morgan fingerprint density at radius 1 is 1.23 bits per heavy atom. The minimum absolute atomic E-state index is 0. The fourth-order valence-electron chi connectivity index (χ4n) is 3.19. The number of amides is 1. The second-order valence-corrected chi connectivity index (χ2v) is 6.60. The summed E-state index contributed by atoms with van der Waals surface area (Å²) in [6.07, 6.45) is 5.21. The molecule has 4 heteroatoms. The molecule has 1 aliphatic rings. The number of hydrogen-bond donors (Lipinski definition) is 1. The summed E-state index contributed by atoms with van der Waals surface area (Å²) >= 11 is 0. The van der Waals surface area contributed by atoms with Gasteiger partial charge in [-0.05, 0) is 24.3 Å². The first-order chi connectivity index (χ1) is 10.1. The lowest BCUT2D eigenvalue weighted by atomic mass is 10.0. The molecule has 0 aromatic heterocycles. The van der Waals surface area contributed by atoms with Gasteiger partial charge in [-0.15, -0.1) is 12.4 Å². The maximum Gasteiger partial charge on any atom is 0.224 e. The van der Waals surface area contributed by atoms with Crippen molar-refractivity contribution in [2.45, 2.75) is 58.0 Å². The standard InChI is InChI=1S/C18H28N2O.ClH/c1-14(2)13-20(16-10-6-7-11-16)18(21)12-17(19)15-8-4-3-5-9-15;/h3-5,8-9,14,16-17H,6-7,10-13,19H2,1-2H3;1H. The van der Waals surface area contributed by atoms with Crippen LogP contribution in [0.3, 0.4) is 0 Å². The van der Waals surface area contributed by atoms with Crippen LogP contribution in [0.5, 0.6) is 0 Å². The van der Waals surface area contributed by atoms with E-state index in [1.165, 1.54) is 12.8 Å². The zero-order valence-corrected chi connectivity index (χ0v) is 14.5. The topological polar surface area (TPSA) is 46.3 Å². The number of carbonyl (C=O) groups excluding carboxylic acids is 1. The lowest BCUT2D eigenvalue weighted by Crippen LogP contribution is -2.42. The van der Waals surface area contributed by atoms with E-state index >= 15 is 0 Å². The number of rotatable bonds is 6. The summed E-state index contributed by atoms with van der Waals surface area (Å²) in [5, 5.41) is 0. The normalized spacial score (nSPS) is 16.4. The molecule has 0 aliphatic heterocycles. The van der Waals surface area contributed by atoms with Gasteiger partial charge in [-0.2, -0.15) is 0 Å². The molecular formula is C18H29ClN2O. The van der Waals surface area contributed by atoms with E-state index in [4.69, 9.17) is 5.73 Å². The third-order valence-corrected chi connectivity index (χ3v) is 4.27. The first-order valence-corrected chi connectivity index (χ1v) is 8.18. The monoisotopic (exact) mass is 324 g/mol. The Morgan fingerprint density at radius 3 is 2.36 bits per heavy atom. The van der Waals surface area contributed by atoms with Crippen molar-refractivity contribution in [3.8, 4) is 0 Å². The Balaban J connectivity index is 0.00000242. The molecule has 22 heavy (non-hydrogen) atoms. The summed E-state index contributed by atoms with van der Waals surface area (Å²) < 4.78 is 0. The Morgan fingerprint density at radius 2 is 1.82 bits per heavy atom. The second-order valence-electron chi connectivity index (χ2n) is 6.60. The van der Waals surface area contributed by atoms with Crippen LogP contribution in [0, 0.1) is 5.92 Å². The van der Waals surface area contributed by atoms with E-state index in [2.05, 4.69) is 18.7 Å². The summed E-state index contributed by atoms with van der Waals surface area (Å²) in [5.74, 6) is 0.717. The fourth-order valence-corrected chi connectivity index (χ4v) is 3.19. The number of nitrogens with zero attached hydrogens (tertiary/aromatic N) is 1. The minimum Gasteiger partial charge on any atom is -0.339 e. The molecule has 1 saturated carbocycles. The molecule has 1 aromatic rings. The van der Waals surface area contributed by atoms with Gasteiger partial charge >= 0.3 is 0 Å². The van der Waals surface area contributed by atoms with Gasteiger partial charge in [-0.25, -0.2) is 0 Å². The molecule has 3 nitrogen and oxygen atoms in total. The predicted octanol–water partition coefficient (Wildman–Crippen LogP) is 3.93. The van der Waals surface area contributed by atoms with Crippen LogP contribution in [-0.4, -0.2) is 23.4 Å². The van der Waals surface area contributed by atoms with Crippen LogP contribution in [0.4, 0.5) is 0 Å². The van der Waals surface area contributed by atoms with Crippen LogP contribution in [0.15, 0.2) is 30.3 Å². The molecule has 1 amide bonds. The van der Waals surface area contributed by atoms with E-state index in [1.54, 1.807) is 0 Å². The third kappa shape index (κ3) is 5.29. The Bertz CT molecular complexity index is 444.